The first-order valence-electron chi connectivity index (χ1n) is 11.9. The first-order valence-corrected chi connectivity index (χ1v) is 11.9. The van der Waals surface area contributed by atoms with E-state index in [1.807, 2.05) is 31.0 Å². The van der Waals surface area contributed by atoms with Gasteiger partial charge in [0.1, 0.15) is 6.54 Å². The van der Waals surface area contributed by atoms with E-state index in [4.69, 9.17) is 20.2 Å². The summed E-state index contributed by atoms with van der Waals surface area (Å²) in [5.74, 6) is 0.825. The average molecular weight is 481 g/mol. The number of carbonyl (C=O) groups excluding carboxylic acids is 2. The summed E-state index contributed by atoms with van der Waals surface area (Å²) >= 11 is 0. The molecule has 0 bridgehead atoms. The molecule has 1 fully saturated rings. The van der Waals surface area contributed by atoms with E-state index in [1.165, 1.54) is 0 Å². The van der Waals surface area contributed by atoms with Gasteiger partial charge in [0.15, 0.2) is 29.7 Å². The molecule has 3 aliphatic rings. The molecule has 0 atom stereocenters. The second-order valence-corrected chi connectivity index (χ2v) is 9.03. The van der Waals surface area contributed by atoms with Gasteiger partial charge in [-0.15, -0.1) is 4.58 Å². The third kappa shape index (κ3) is 4.69. The van der Waals surface area contributed by atoms with Gasteiger partial charge in [-0.3, -0.25) is 9.69 Å². The Morgan fingerprint density at radius 1 is 1.23 bits per heavy atom. The Balaban J connectivity index is 1.46. The number of hydrogen-bond donors (Lipinski definition) is 3. The number of aryl methyl sites for hydroxylation is 1. The van der Waals surface area contributed by atoms with Gasteiger partial charge >= 0.3 is 5.91 Å². The molecule has 5 rings (SSSR count). The number of fused-ring (bicyclic) bond motifs is 2. The normalized spacial score (nSPS) is 18.5. The number of ether oxygens (including phenoxy) is 2. The van der Waals surface area contributed by atoms with Crippen LogP contribution in [0, 0.1) is 0 Å². The summed E-state index contributed by atoms with van der Waals surface area (Å²) in [4.78, 5) is 36.1. The molecule has 3 aliphatic heterocycles. The number of amides is 2. The molecular weight excluding hydrogens is 450 g/mol. The Morgan fingerprint density at radius 3 is 2.77 bits per heavy atom. The van der Waals surface area contributed by atoms with Crippen LogP contribution in [-0.2, 0) is 16.0 Å². The number of nitrogens with two attached hydrogens (primary N) is 1. The van der Waals surface area contributed by atoms with Gasteiger partial charge in [0.25, 0.3) is 11.6 Å². The van der Waals surface area contributed by atoms with Crippen molar-refractivity contribution in [3.05, 3.63) is 29.6 Å². The van der Waals surface area contributed by atoms with Gasteiger partial charge in [0.05, 0.1) is 12.2 Å². The summed E-state index contributed by atoms with van der Waals surface area (Å²) in [5, 5.41) is 6.65. The first-order chi connectivity index (χ1) is 16.9. The van der Waals surface area contributed by atoms with Crippen molar-refractivity contribution >= 4 is 40.5 Å². The van der Waals surface area contributed by atoms with Crippen LogP contribution in [0.15, 0.2) is 18.2 Å². The third-order valence-corrected chi connectivity index (χ3v) is 6.38. The molecule has 184 valence electrons. The number of likely N-dealkylation sites (N-methyl/N-ethyl adjacent to an activating group) is 1. The summed E-state index contributed by atoms with van der Waals surface area (Å²) in [7, 11) is 1.91. The van der Waals surface area contributed by atoms with Gasteiger partial charge in [-0.25, -0.2) is 14.8 Å². The lowest BCUT2D eigenvalue weighted by Gasteiger charge is -2.25. The van der Waals surface area contributed by atoms with Crippen LogP contribution in [0.4, 0.5) is 23.0 Å². The van der Waals surface area contributed by atoms with E-state index in [2.05, 4.69) is 15.6 Å². The van der Waals surface area contributed by atoms with Gasteiger partial charge in [-0.05, 0) is 32.4 Å². The SMILES string of the molecule is CCc1nc(C(N)=O)c(Nc2ccc3c(c2)OCC2=[N+]3C(=O)CN(C)C2)nc1NC1CCOCC1. The van der Waals surface area contributed by atoms with E-state index in [9.17, 15) is 9.59 Å². The average Bonchev–Trinajstić information content (AvgIpc) is 2.84. The molecular formula is C24H30N7O4+. The van der Waals surface area contributed by atoms with Crippen LogP contribution in [0.25, 0.3) is 0 Å². The Bertz CT molecular complexity index is 1210. The van der Waals surface area contributed by atoms with Crippen LogP contribution in [0.2, 0.25) is 0 Å². The number of rotatable bonds is 6. The molecule has 11 heteroatoms. The minimum Gasteiger partial charge on any atom is -0.476 e. The smallest absolute Gasteiger partial charge is 0.406 e. The summed E-state index contributed by atoms with van der Waals surface area (Å²) in [6, 6.07) is 5.67. The first kappa shape index (κ1) is 23.2. The molecule has 4 N–H and O–H groups in total. The van der Waals surface area contributed by atoms with Crippen LogP contribution >= 0.6 is 0 Å². The standard InChI is InChI=1S/C24H29N7O4/c1-3-17-23(26-14-6-8-34-9-7-14)29-24(21(28-17)22(25)33)27-15-4-5-18-19(10-15)35-13-16-11-30(2)12-20(32)31(16)18/h4-5,10,14H,3,6-9,11-13H2,1-2H3,(H3-,25,26,27,29,33)/p+1. The van der Waals surface area contributed by atoms with E-state index in [1.54, 1.807) is 10.6 Å². The largest absolute Gasteiger partial charge is 0.476 e. The lowest BCUT2D eigenvalue weighted by Crippen LogP contribution is -2.48. The zero-order chi connectivity index (χ0) is 24.5. The van der Waals surface area contributed by atoms with Crippen molar-refractivity contribution < 1.29 is 23.6 Å². The van der Waals surface area contributed by atoms with Gasteiger partial charge in [0, 0.05) is 37.1 Å². The number of hydrogen-bond acceptors (Lipinski definition) is 9. The van der Waals surface area contributed by atoms with Crippen LogP contribution in [0.3, 0.4) is 0 Å². The Hall–Kier alpha value is -3.57. The fourth-order valence-corrected chi connectivity index (χ4v) is 4.65. The summed E-state index contributed by atoms with van der Waals surface area (Å²) in [6.07, 6.45) is 2.35. The number of benzene rings is 1. The zero-order valence-electron chi connectivity index (χ0n) is 20.0. The van der Waals surface area contributed by atoms with E-state index in [-0.39, 0.29) is 23.5 Å². The van der Waals surface area contributed by atoms with E-state index in [0.717, 1.165) is 18.6 Å². The van der Waals surface area contributed by atoms with E-state index < -0.39 is 5.91 Å². The summed E-state index contributed by atoms with van der Waals surface area (Å²) in [6.45, 7) is 4.72. The molecule has 0 unspecified atom stereocenters. The van der Waals surface area contributed by atoms with Crippen molar-refractivity contribution in [2.45, 2.75) is 32.2 Å². The van der Waals surface area contributed by atoms with Crippen molar-refractivity contribution in [3.8, 4) is 5.75 Å². The topological polar surface area (TPSA) is 135 Å². The second-order valence-electron chi connectivity index (χ2n) is 9.03. The number of nitrogens with zero attached hydrogens (tertiary/aromatic N) is 4. The molecule has 35 heavy (non-hydrogen) atoms. The van der Waals surface area contributed by atoms with Crippen molar-refractivity contribution in [3.63, 3.8) is 0 Å². The number of aromatic nitrogens is 2. The second kappa shape index (κ2) is 9.59. The molecule has 0 aliphatic carbocycles. The highest BCUT2D eigenvalue weighted by Gasteiger charge is 2.38. The predicted octanol–water partition coefficient (Wildman–Crippen LogP) is 1.42. The van der Waals surface area contributed by atoms with Crippen molar-refractivity contribution in [1.82, 2.24) is 14.9 Å². The van der Waals surface area contributed by atoms with Crippen molar-refractivity contribution in [1.29, 1.82) is 0 Å². The molecule has 0 saturated carbocycles. The van der Waals surface area contributed by atoms with Gasteiger partial charge in [-0.2, -0.15) is 0 Å². The van der Waals surface area contributed by atoms with E-state index in [0.29, 0.717) is 68.0 Å². The summed E-state index contributed by atoms with van der Waals surface area (Å²) < 4.78 is 13.1. The third-order valence-electron chi connectivity index (χ3n) is 6.38. The minimum absolute atomic E-state index is 0.0138. The molecule has 11 nitrogen and oxygen atoms in total. The fraction of sp³-hybridized carbons (Fsp3) is 0.458. The number of nitrogens with one attached hydrogen (secondary N) is 2. The molecule has 1 saturated heterocycles. The van der Waals surface area contributed by atoms with Crippen molar-refractivity contribution in [2.24, 2.45) is 5.73 Å². The maximum absolute atomic E-state index is 12.7. The Labute approximate surface area is 203 Å². The number of anilines is 3. The number of carbonyl (C=O) groups is 2. The van der Waals surface area contributed by atoms with Gasteiger partial charge < -0.3 is 25.8 Å². The van der Waals surface area contributed by atoms with Crippen LogP contribution in [0.5, 0.6) is 5.75 Å². The molecule has 0 spiro atoms. The maximum Gasteiger partial charge on any atom is 0.406 e. The Kier molecular flexibility index (Phi) is 6.35. The maximum atomic E-state index is 12.7. The highest BCUT2D eigenvalue weighted by molar-refractivity contribution is 5.97. The molecule has 1 aromatic heterocycles. The van der Waals surface area contributed by atoms with Crippen LogP contribution in [0.1, 0.15) is 35.9 Å². The van der Waals surface area contributed by atoms with Crippen LogP contribution < -0.4 is 21.1 Å². The van der Waals surface area contributed by atoms with Gasteiger partial charge in [0.2, 0.25) is 5.71 Å². The van der Waals surface area contributed by atoms with Crippen molar-refractivity contribution in [2.75, 3.05) is 50.6 Å². The lowest BCUT2D eigenvalue weighted by molar-refractivity contribution is -0.379. The monoisotopic (exact) mass is 480 g/mol. The van der Waals surface area contributed by atoms with Gasteiger partial charge in [-0.1, -0.05) is 6.92 Å². The number of primary amides is 1. The fourth-order valence-electron chi connectivity index (χ4n) is 4.65. The minimum atomic E-state index is -0.663. The van der Waals surface area contributed by atoms with Crippen LogP contribution in [-0.4, -0.2) is 83.0 Å². The highest BCUT2D eigenvalue weighted by atomic mass is 16.5. The zero-order valence-corrected chi connectivity index (χ0v) is 20.0. The quantitative estimate of drug-likeness (QED) is 0.525. The molecule has 2 aromatic rings. The highest BCUT2D eigenvalue weighted by Crippen LogP contribution is 2.35. The van der Waals surface area contributed by atoms with E-state index >= 15 is 0 Å². The molecule has 4 heterocycles. The lowest BCUT2D eigenvalue weighted by atomic mass is 10.1. The molecule has 2 amide bonds. The predicted molar refractivity (Wildman–Crippen MR) is 130 cm³/mol. The molecule has 0 radical (unpaired) electrons. The summed E-state index contributed by atoms with van der Waals surface area (Å²) in [5.41, 5.74) is 8.66. The Morgan fingerprint density at radius 2 is 2.03 bits per heavy atom. The molecule has 1 aromatic carbocycles.